The lowest BCUT2D eigenvalue weighted by Gasteiger charge is -2.29. The third-order valence-electron chi connectivity index (χ3n) is 7.20. The zero-order valence-corrected chi connectivity index (χ0v) is 23.9. The van der Waals surface area contributed by atoms with Gasteiger partial charge in [-0.05, 0) is 35.2 Å². The van der Waals surface area contributed by atoms with Gasteiger partial charge in [0.2, 0.25) is 5.91 Å². The van der Waals surface area contributed by atoms with Crippen LogP contribution in [-0.2, 0) is 22.5 Å². The van der Waals surface area contributed by atoms with Crippen LogP contribution in [0.3, 0.4) is 0 Å². The Labute approximate surface area is 240 Å². The molecule has 0 unspecified atom stereocenters. The van der Waals surface area contributed by atoms with Gasteiger partial charge in [0.1, 0.15) is 18.8 Å². The highest BCUT2D eigenvalue weighted by Gasteiger charge is 2.21. The SMILES string of the molecule is CNC(=O)c1ccnc2c([C@H](C)CNc3cc(-c4ccc5c(c4)CN(C(=O)COC)CC5)ncn3)cccc12.S. The average molecular weight is 559 g/mol. The monoisotopic (exact) mass is 558 g/mol. The molecule has 1 aliphatic heterocycles. The molecule has 208 valence electrons. The number of rotatable bonds is 8. The van der Waals surface area contributed by atoms with Crippen molar-refractivity contribution in [3.05, 3.63) is 83.3 Å². The summed E-state index contributed by atoms with van der Waals surface area (Å²) in [4.78, 5) is 40.0. The van der Waals surface area contributed by atoms with E-state index in [9.17, 15) is 9.59 Å². The van der Waals surface area contributed by atoms with Gasteiger partial charge in [0.25, 0.3) is 5.91 Å². The van der Waals surface area contributed by atoms with Gasteiger partial charge in [-0.15, -0.1) is 0 Å². The first-order chi connectivity index (χ1) is 19.0. The predicted octanol–water partition coefficient (Wildman–Crippen LogP) is 3.91. The standard InChI is InChI=1S/C30H32N6O3.H2S/c1-19(23-5-4-6-24-25(30(38)31-2)9-11-32-29(23)24)15-33-27-14-26(34-18-35-27)21-8-7-20-10-12-36(16-22(20)13-21)28(37)17-39-3;/h4-9,11,13-14,18-19H,10,12,15-17H2,1-3H3,(H,31,38)(H,33,34,35);1H2/t19-;/m1./s1. The number of carbonyl (C=O) groups excluding carboxylic acids is 2. The number of carbonyl (C=O) groups is 2. The van der Waals surface area contributed by atoms with E-state index in [-0.39, 0.29) is 37.8 Å². The number of pyridine rings is 1. The predicted molar refractivity (Wildman–Crippen MR) is 161 cm³/mol. The molecule has 4 aromatic rings. The smallest absolute Gasteiger partial charge is 0.251 e. The van der Waals surface area contributed by atoms with Gasteiger partial charge in [0, 0.05) is 62.9 Å². The van der Waals surface area contributed by atoms with E-state index in [1.165, 1.54) is 12.7 Å². The molecule has 0 spiro atoms. The van der Waals surface area contributed by atoms with Crippen LogP contribution in [0.4, 0.5) is 5.82 Å². The van der Waals surface area contributed by atoms with Crippen LogP contribution in [0.5, 0.6) is 0 Å². The summed E-state index contributed by atoms with van der Waals surface area (Å²) >= 11 is 0. The van der Waals surface area contributed by atoms with Crippen molar-refractivity contribution in [2.75, 3.05) is 39.2 Å². The fourth-order valence-corrected chi connectivity index (χ4v) is 5.05. The lowest BCUT2D eigenvalue weighted by atomic mass is 9.95. The highest BCUT2D eigenvalue weighted by Crippen LogP contribution is 2.28. The molecule has 1 aliphatic rings. The highest BCUT2D eigenvalue weighted by molar-refractivity contribution is 7.59. The first-order valence-electron chi connectivity index (χ1n) is 13.0. The van der Waals surface area contributed by atoms with Crippen molar-refractivity contribution in [3.8, 4) is 11.3 Å². The van der Waals surface area contributed by atoms with Crippen molar-refractivity contribution in [3.63, 3.8) is 0 Å². The molecular formula is C30H34N6O3S. The minimum absolute atomic E-state index is 0. The second-order valence-corrected chi connectivity index (χ2v) is 9.73. The summed E-state index contributed by atoms with van der Waals surface area (Å²) in [6.45, 7) is 4.12. The van der Waals surface area contributed by atoms with E-state index in [1.54, 1.807) is 25.6 Å². The molecule has 0 bridgehead atoms. The zero-order valence-electron chi connectivity index (χ0n) is 22.9. The van der Waals surface area contributed by atoms with Crippen molar-refractivity contribution < 1.29 is 14.3 Å². The van der Waals surface area contributed by atoms with Crippen molar-refractivity contribution in [2.45, 2.75) is 25.8 Å². The van der Waals surface area contributed by atoms with Gasteiger partial charge in [0.05, 0.1) is 16.8 Å². The van der Waals surface area contributed by atoms with E-state index in [2.05, 4.69) is 56.8 Å². The number of amides is 2. The molecule has 5 rings (SSSR count). The number of hydrogen-bond donors (Lipinski definition) is 2. The number of benzene rings is 2. The lowest BCUT2D eigenvalue weighted by molar-refractivity contribution is -0.136. The van der Waals surface area contributed by atoms with Gasteiger partial charge in [-0.1, -0.05) is 37.3 Å². The van der Waals surface area contributed by atoms with Crippen LogP contribution < -0.4 is 10.6 Å². The Kier molecular flexibility index (Phi) is 9.34. The zero-order chi connectivity index (χ0) is 27.4. The molecule has 3 heterocycles. The number of aromatic nitrogens is 3. The van der Waals surface area contributed by atoms with Crippen molar-refractivity contribution in [1.29, 1.82) is 0 Å². The van der Waals surface area contributed by atoms with Crippen molar-refractivity contribution >= 4 is 42.0 Å². The maximum Gasteiger partial charge on any atom is 0.251 e. The molecule has 0 saturated carbocycles. The Morgan fingerprint density at radius 3 is 2.73 bits per heavy atom. The van der Waals surface area contributed by atoms with Crippen LogP contribution in [-0.4, -0.2) is 65.5 Å². The molecule has 9 nitrogen and oxygen atoms in total. The Balaban J connectivity index is 0.00000370. The summed E-state index contributed by atoms with van der Waals surface area (Å²) in [7, 11) is 3.17. The summed E-state index contributed by atoms with van der Waals surface area (Å²) < 4.78 is 5.02. The van der Waals surface area contributed by atoms with E-state index in [4.69, 9.17) is 4.74 Å². The van der Waals surface area contributed by atoms with Crippen LogP contribution in [0.25, 0.3) is 22.2 Å². The van der Waals surface area contributed by atoms with Crippen molar-refractivity contribution in [2.24, 2.45) is 0 Å². The minimum Gasteiger partial charge on any atom is -0.375 e. The second kappa shape index (κ2) is 12.9. The minimum atomic E-state index is -0.129. The molecule has 10 heteroatoms. The second-order valence-electron chi connectivity index (χ2n) is 9.73. The van der Waals surface area contributed by atoms with Crippen LogP contribution in [0.15, 0.2) is 61.1 Å². The van der Waals surface area contributed by atoms with Crippen LogP contribution >= 0.6 is 13.5 Å². The summed E-state index contributed by atoms with van der Waals surface area (Å²) in [5.41, 5.74) is 6.67. The van der Waals surface area contributed by atoms with Gasteiger partial charge in [-0.25, -0.2) is 9.97 Å². The number of methoxy groups -OCH3 is 1. The van der Waals surface area contributed by atoms with Crippen LogP contribution in [0.2, 0.25) is 0 Å². The summed E-state index contributed by atoms with van der Waals surface area (Å²) in [5.74, 6) is 0.706. The Hall–Kier alpha value is -4.02. The molecule has 2 amide bonds. The molecular weight excluding hydrogens is 524 g/mol. The van der Waals surface area contributed by atoms with E-state index in [0.29, 0.717) is 25.2 Å². The van der Waals surface area contributed by atoms with Crippen molar-refractivity contribution in [1.82, 2.24) is 25.2 Å². The number of ether oxygens (including phenoxy) is 1. The third kappa shape index (κ3) is 6.08. The first kappa shape index (κ1) is 29.0. The Morgan fingerprint density at radius 2 is 1.93 bits per heavy atom. The number of anilines is 1. The first-order valence-corrected chi connectivity index (χ1v) is 13.0. The van der Waals surface area contributed by atoms with Gasteiger partial charge in [-0.3, -0.25) is 14.6 Å². The van der Waals surface area contributed by atoms with Gasteiger partial charge in [0.15, 0.2) is 0 Å². The van der Waals surface area contributed by atoms with Gasteiger partial charge < -0.3 is 20.3 Å². The maximum absolute atomic E-state index is 12.3. The number of nitrogens with one attached hydrogen (secondary N) is 2. The number of para-hydroxylation sites is 1. The third-order valence-corrected chi connectivity index (χ3v) is 7.20. The largest absolute Gasteiger partial charge is 0.375 e. The molecule has 1 atom stereocenters. The normalized spacial score (nSPS) is 13.2. The molecule has 0 aliphatic carbocycles. The topological polar surface area (TPSA) is 109 Å². The Morgan fingerprint density at radius 1 is 1.07 bits per heavy atom. The number of hydrogen-bond acceptors (Lipinski definition) is 7. The quantitative estimate of drug-likeness (QED) is 0.338. The van der Waals surface area contributed by atoms with E-state index in [0.717, 1.165) is 45.5 Å². The molecule has 2 N–H and O–H groups in total. The van der Waals surface area contributed by atoms with Crippen LogP contribution in [0, 0.1) is 0 Å². The highest BCUT2D eigenvalue weighted by atomic mass is 32.1. The lowest BCUT2D eigenvalue weighted by Crippen LogP contribution is -2.38. The Bertz CT molecular complexity index is 1530. The fraction of sp³-hybridized carbons (Fsp3) is 0.300. The van der Waals surface area contributed by atoms with E-state index < -0.39 is 0 Å². The number of fused-ring (bicyclic) bond motifs is 2. The van der Waals surface area contributed by atoms with Gasteiger partial charge in [-0.2, -0.15) is 13.5 Å². The molecule has 0 radical (unpaired) electrons. The molecule has 0 fully saturated rings. The maximum atomic E-state index is 12.3. The number of nitrogens with zero attached hydrogens (tertiary/aromatic N) is 4. The molecule has 2 aromatic carbocycles. The van der Waals surface area contributed by atoms with Crippen LogP contribution in [0.1, 0.15) is 39.9 Å². The van der Waals surface area contributed by atoms with E-state index >= 15 is 0 Å². The summed E-state index contributed by atoms with van der Waals surface area (Å²) in [6.07, 6.45) is 4.07. The fourth-order valence-electron chi connectivity index (χ4n) is 5.05. The summed E-state index contributed by atoms with van der Waals surface area (Å²) in [5, 5.41) is 6.97. The van der Waals surface area contributed by atoms with Gasteiger partial charge >= 0.3 is 0 Å². The molecule has 0 saturated heterocycles. The molecule has 40 heavy (non-hydrogen) atoms. The average Bonchev–Trinajstić information content (AvgIpc) is 2.98. The summed E-state index contributed by atoms with van der Waals surface area (Å²) in [6, 6.07) is 15.9. The van der Waals surface area contributed by atoms with E-state index in [1.807, 2.05) is 23.1 Å². The molecule has 2 aromatic heterocycles.